The van der Waals surface area contributed by atoms with E-state index in [1.54, 1.807) is 14.2 Å². The zero-order valence-corrected chi connectivity index (χ0v) is 9.29. The van der Waals surface area contributed by atoms with Gasteiger partial charge in [0.2, 0.25) is 0 Å². The molecule has 0 atom stereocenters. The highest BCUT2D eigenvalue weighted by molar-refractivity contribution is 7.80. The third-order valence-corrected chi connectivity index (χ3v) is 2.01. The maximum absolute atomic E-state index is 4.26. The molecule has 0 fully saturated rings. The van der Waals surface area contributed by atoms with E-state index in [9.17, 15) is 0 Å². The van der Waals surface area contributed by atoms with Crippen LogP contribution in [0.2, 0.25) is 0 Å². The van der Waals surface area contributed by atoms with Crippen LogP contribution in [0.5, 0.6) is 0 Å². The van der Waals surface area contributed by atoms with Gasteiger partial charge in [0.1, 0.15) is 0 Å². The second-order valence-corrected chi connectivity index (χ2v) is 3.46. The van der Waals surface area contributed by atoms with Gasteiger partial charge in [-0.3, -0.25) is 0 Å². The van der Waals surface area contributed by atoms with Gasteiger partial charge in [0, 0.05) is 19.1 Å². The molecule has 0 aliphatic carbocycles. The van der Waals surface area contributed by atoms with Crippen molar-refractivity contribution in [2.75, 3.05) is 14.2 Å². The number of hydrogen-bond donors (Lipinski definition) is 1. The first kappa shape index (κ1) is 11.1. The molecule has 0 saturated carbocycles. The van der Waals surface area contributed by atoms with Gasteiger partial charge in [0.15, 0.2) is 0 Å². The molecular weight excluding hydrogens is 192 g/mol. The summed E-state index contributed by atoms with van der Waals surface area (Å²) in [6, 6.07) is 14.4. The van der Waals surface area contributed by atoms with E-state index in [1.807, 2.05) is 18.2 Å². The van der Waals surface area contributed by atoms with Crippen LogP contribution < -0.4 is 0 Å². The Bertz CT molecular complexity index is 398. The predicted molar refractivity (Wildman–Crippen MR) is 64.1 cm³/mol. The Morgan fingerprint density at radius 2 is 1.50 bits per heavy atom. The van der Waals surface area contributed by atoms with Crippen LogP contribution in [-0.2, 0) is 4.74 Å². The molecule has 2 rings (SSSR count). The van der Waals surface area contributed by atoms with Gasteiger partial charge < -0.3 is 4.74 Å². The van der Waals surface area contributed by atoms with Crippen LogP contribution >= 0.6 is 12.6 Å². The van der Waals surface area contributed by atoms with E-state index in [1.165, 1.54) is 10.8 Å². The highest BCUT2D eigenvalue weighted by atomic mass is 32.1. The van der Waals surface area contributed by atoms with E-state index in [4.69, 9.17) is 0 Å². The molecule has 0 bridgehead atoms. The Labute approximate surface area is 90.1 Å². The molecule has 0 amide bonds. The Hall–Kier alpha value is -0.990. The van der Waals surface area contributed by atoms with Gasteiger partial charge in [-0.15, -0.1) is 12.6 Å². The Morgan fingerprint density at radius 1 is 0.929 bits per heavy atom. The predicted octanol–water partition coefficient (Wildman–Crippen LogP) is 3.39. The fourth-order valence-electron chi connectivity index (χ4n) is 1.18. The van der Waals surface area contributed by atoms with Crippen molar-refractivity contribution >= 4 is 23.4 Å². The molecule has 0 aliphatic heterocycles. The normalized spacial score (nSPS) is 9.36. The van der Waals surface area contributed by atoms with Crippen LogP contribution in [0.15, 0.2) is 47.4 Å². The summed E-state index contributed by atoms with van der Waals surface area (Å²) in [6.45, 7) is 0. The van der Waals surface area contributed by atoms with Gasteiger partial charge in [-0.05, 0) is 22.9 Å². The maximum Gasteiger partial charge on any atom is 0.0351 e. The molecule has 0 spiro atoms. The van der Waals surface area contributed by atoms with E-state index in [0.29, 0.717) is 0 Å². The van der Waals surface area contributed by atoms with Crippen LogP contribution in [0.4, 0.5) is 0 Å². The Balaban J connectivity index is 0.000000293. The third-order valence-electron chi connectivity index (χ3n) is 1.73. The summed E-state index contributed by atoms with van der Waals surface area (Å²) in [5, 5.41) is 2.52. The van der Waals surface area contributed by atoms with Crippen LogP contribution in [0.1, 0.15) is 0 Å². The minimum Gasteiger partial charge on any atom is -0.388 e. The number of hydrogen-bond acceptors (Lipinski definition) is 2. The van der Waals surface area contributed by atoms with E-state index in [0.717, 1.165) is 4.90 Å². The molecule has 2 aromatic carbocycles. The van der Waals surface area contributed by atoms with Crippen molar-refractivity contribution in [2.45, 2.75) is 4.90 Å². The lowest BCUT2D eigenvalue weighted by Crippen LogP contribution is -1.70. The first-order valence-corrected chi connectivity index (χ1v) is 4.80. The molecule has 2 heteroatoms. The van der Waals surface area contributed by atoms with Gasteiger partial charge in [-0.1, -0.05) is 30.3 Å². The summed E-state index contributed by atoms with van der Waals surface area (Å²) in [7, 11) is 3.25. The zero-order valence-electron chi connectivity index (χ0n) is 8.40. The van der Waals surface area contributed by atoms with E-state index in [2.05, 4.69) is 41.6 Å². The quantitative estimate of drug-likeness (QED) is 0.650. The lowest BCUT2D eigenvalue weighted by Gasteiger charge is -1.96. The molecule has 0 heterocycles. The summed E-state index contributed by atoms with van der Waals surface area (Å²) in [4.78, 5) is 1.02. The van der Waals surface area contributed by atoms with Crippen LogP contribution in [0, 0.1) is 0 Å². The number of fused-ring (bicyclic) bond motifs is 1. The van der Waals surface area contributed by atoms with Crippen molar-refractivity contribution in [1.82, 2.24) is 0 Å². The van der Waals surface area contributed by atoms with Gasteiger partial charge in [-0.2, -0.15) is 0 Å². The van der Waals surface area contributed by atoms with Gasteiger partial charge >= 0.3 is 0 Å². The fraction of sp³-hybridized carbons (Fsp3) is 0.167. The molecule has 0 aromatic heterocycles. The minimum atomic E-state index is 1.02. The smallest absolute Gasteiger partial charge is 0.0351 e. The Morgan fingerprint density at radius 3 is 2.14 bits per heavy atom. The number of benzene rings is 2. The minimum absolute atomic E-state index is 1.02. The van der Waals surface area contributed by atoms with Crippen LogP contribution in [0.3, 0.4) is 0 Å². The fourth-order valence-corrected chi connectivity index (χ4v) is 1.39. The SMILES string of the molecule is COC.Sc1ccc2ccccc2c1. The third kappa shape index (κ3) is 3.05. The van der Waals surface area contributed by atoms with Gasteiger partial charge in [0.25, 0.3) is 0 Å². The molecule has 0 aliphatic rings. The van der Waals surface area contributed by atoms with Gasteiger partial charge in [0.05, 0.1) is 0 Å². The van der Waals surface area contributed by atoms with E-state index >= 15 is 0 Å². The number of methoxy groups -OCH3 is 1. The largest absolute Gasteiger partial charge is 0.388 e. The number of thiol groups is 1. The van der Waals surface area contributed by atoms with Crippen molar-refractivity contribution in [2.24, 2.45) is 0 Å². The van der Waals surface area contributed by atoms with E-state index in [-0.39, 0.29) is 0 Å². The van der Waals surface area contributed by atoms with Crippen LogP contribution in [0.25, 0.3) is 10.8 Å². The molecular formula is C12H14OS. The maximum atomic E-state index is 4.26. The average molecular weight is 206 g/mol. The molecule has 74 valence electrons. The second-order valence-electron chi connectivity index (χ2n) is 2.94. The second kappa shape index (κ2) is 5.68. The molecule has 0 radical (unpaired) electrons. The molecule has 0 saturated heterocycles. The Kier molecular flexibility index (Phi) is 4.50. The van der Waals surface area contributed by atoms with Crippen molar-refractivity contribution in [3.63, 3.8) is 0 Å². The summed E-state index contributed by atoms with van der Waals surface area (Å²) in [6.07, 6.45) is 0. The van der Waals surface area contributed by atoms with Gasteiger partial charge in [-0.25, -0.2) is 0 Å². The van der Waals surface area contributed by atoms with Crippen molar-refractivity contribution < 1.29 is 4.74 Å². The molecule has 14 heavy (non-hydrogen) atoms. The van der Waals surface area contributed by atoms with Crippen molar-refractivity contribution in [3.05, 3.63) is 42.5 Å². The zero-order chi connectivity index (χ0) is 10.4. The first-order chi connectivity index (χ1) is 6.77. The molecule has 0 unspecified atom stereocenters. The van der Waals surface area contributed by atoms with Crippen molar-refractivity contribution in [1.29, 1.82) is 0 Å². The number of rotatable bonds is 0. The lowest BCUT2D eigenvalue weighted by atomic mass is 10.1. The summed E-state index contributed by atoms with van der Waals surface area (Å²) >= 11 is 4.26. The summed E-state index contributed by atoms with van der Waals surface area (Å²) in [5.74, 6) is 0. The molecule has 1 nitrogen and oxygen atoms in total. The highest BCUT2D eigenvalue weighted by Crippen LogP contribution is 2.17. The van der Waals surface area contributed by atoms with Crippen molar-refractivity contribution in [3.8, 4) is 0 Å². The van der Waals surface area contributed by atoms with E-state index < -0.39 is 0 Å². The monoisotopic (exact) mass is 206 g/mol. The first-order valence-electron chi connectivity index (χ1n) is 4.36. The topological polar surface area (TPSA) is 9.23 Å². The number of ether oxygens (including phenoxy) is 1. The molecule has 2 aromatic rings. The highest BCUT2D eigenvalue weighted by Gasteiger charge is 1.90. The van der Waals surface area contributed by atoms with Crippen LogP contribution in [-0.4, -0.2) is 14.2 Å². The summed E-state index contributed by atoms with van der Waals surface area (Å²) in [5.41, 5.74) is 0. The summed E-state index contributed by atoms with van der Waals surface area (Å²) < 4.78 is 4.25. The molecule has 0 N–H and O–H groups in total. The standard InChI is InChI=1S/C10H8S.C2H6O/c11-10-6-5-8-3-1-2-4-9(8)7-10;1-3-2/h1-7,11H;1-2H3. The average Bonchev–Trinajstić information content (AvgIpc) is 2.19. The lowest BCUT2D eigenvalue weighted by molar-refractivity contribution is 0.277.